The van der Waals surface area contributed by atoms with E-state index in [2.05, 4.69) is 6.58 Å². The number of benzene rings is 3. The van der Waals surface area contributed by atoms with Gasteiger partial charge in [0.25, 0.3) is 0 Å². The molecule has 0 radical (unpaired) electrons. The van der Waals surface area contributed by atoms with Gasteiger partial charge in [-0.05, 0) is 16.7 Å². The number of hydrogen-bond donors (Lipinski definition) is 1. The Hall–Kier alpha value is -3.00. The van der Waals surface area contributed by atoms with E-state index in [-0.39, 0.29) is 19.8 Å². The van der Waals surface area contributed by atoms with Crippen LogP contribution in [0.1, 0.15) is 16.7 Å². The van der Waals surface area contributed by atoms with Crippen molar-refractivity contribution < 1.29 is 47.7 Å². The second-order valence-corrected chi connectivity index (χ2v) is 12.0. The van der Waals surface area contributed by atoms with E-state index in [0.717, 1.165) is 16.7 Å². The van der Waals surface area contributed by atoms with Crippen molar-refractivity contribution in [3.63, 3.8) is 0 Å². The number of aliphatic hydroxyl groups excluding tert-OH is 1. The van der Waals surface area contributed by atoms with Crippen LogP contribution in [0.15, 0.2) is 104 Å². The minimum atomic E-state index is -1.21. The standard InChI is InChI=1S/C37H44O10/c1-4-37-24-44-33(31(39-2)34(37)38)36(47-37)46-29-28(23-41-20-25-14-8-5-9-15-25)45-35(40-3)32(43-22-27-18-12-7-13-19-27)30(29)42-21-26-16-10-6-11-17-26/h4-19,28-36,38H,1,20-24H2,2-3H3/t28-,29-,30+,31-,32-,33-,34+,35+,36-,37-/m1/s1. The molecule has 0 amide bonds. The first-order valence-electron chi connectivity index (χ1n) is 16.0. The van der Waals surface area contributed by atoms with Crippen LogP contribution in [-0.4, -0.2) is 93.4 Å². The molecule has 252 valence electrons. The molecule has 2 bridgehead atoms. The molecule has 10 heteroatoms. The first-order valence-corrected chi connectivity index (χ1v) is 16.0. The summed E-state index contributed by atoms with van der Waals surface area (Å²) in [5, 5.41) is 11.1. The number of hydrogen-bond acceptors (Lipinski definition) is 10. The molecule has 10 nitrogen and oxygen atoms in total. The molecular formula is C37H44O10. The van der Waals surface area contributed by atoms with Crippen molar-refractivity contribution in [1.82, 2.24) is 0 Å². The van der Waals surface area contributed by atoms with Gasteiger partial charge in [-0.15, -0.1) is 6.58 Å². The summed E-state index contributed by atoms with van der Waals surface area (Å²) < 4.78 is 56.9. The van der Waals surface area contributed by atoms with E-state index in [1.165, 1.54) is 7.11 Å². The summed E-state index contributed by atoms with van der Waals surface area (Å²) in [6, 6.07) is 29.7. The maximum Gasteiger partial charge on any atom is 0.188 e. The van der Waals surface area contributed by atoms with E-state index >= 15 is 0 Å². The average molecular weight is 649 g/mol. The SMILES string of the molecule is C=C[C@]12CO[C@@H]([C@H](O[C@H]3[C@H](OCc4ccccc4)[C@@H](OCc4ccccc4)[C@@H](OC)O[C@@H]3COCc3ccccc3)O1)[C@@H](OC)[C@@H]2O. The van der Waals surface area contributed by atoms with E-state index in [1.54, 1.807) is 13.2 Å². The predicted octanol–water partition coefficient (Wildman–Crippen LogP) is 4.19. The van der Waals surface area contributed by atoms with Gasteiger partial charge in [0.1, 0.15) is 48.3 Å². The van der Waals surface area contributed by atoms with Crippen molar-refractivity contribution in [1.29, 1.82) is 0 Å². The van der Waals surface area contributed by atoms with Gasteiger partial charge >= 0.3 is 0 Å². The van der Waals surface area contributed by atoms with Gasteiger partial charge in [-0.25, -0.2) is 0 Å². The lowest BCUT2D eigenvalue weighted by Gasteiger charge is -2.56. The molecule has 4 aliphatic rings. The van der Waals surface area contributed by atoms with E-state index in [0.29, 0.717) is 13.2 Å². The molecule has 3 aromatic carbocycles. The van der Waals surface area contributed by atoms with Gasteiger partial charge < -0.3 is 47.7 Å². The molecule has 0 saturated carbocycles. The van der Waals surface area contributed by atoms with Crippen molar-refractivity contribution in [3.8, 4) is 0 Å². The van der Waals surface area contributed by atoms with Gasteiger partial charge in [-0.2, -0.15) is 0 Å². The molecule has 10 atom stereocenters. The zero-order chi connectivity index (χ0) is 32.6. The third-order valence-electron chi connectivity index (χ3n) is 8.94. The quantitative estimate of drug-likeness (QED) is 0.242. The molecular weight excluding hydrogens is 604 g/mol. The minimum absolute atomic E-state index is 0.120. The third-order valence-corrected chi connectivity index (χ3v) is 8.94. The highest BCUT2D eigenvalue weighted by atomic mass is 16.8. The lowest BCUT2D eigenvalue weighted by Crippen LogP contribution is -2.73. The molecule has 0 aromatic heterocycles. The van der Waals surface area contributed by atoms with Crippen LogP contribution in [0.25, 0.3) is 0 Å². The summed E-state index contributed by atoms with van der Waals surface area (Å²) in [5.41, 5.74) is 1.78. The number of methoxy groups -OCH3 is 2. The summed E-state index contributed by atoms with van der Waals surface area (Å²) in [5.74, 6) is 0. The summed E-state index contributed by atoms with van der Waals surface area (Å²) in [7, 11) is 3.11. The molecule has 0 unspecified atom stereocenters. The Balaban J connectivity index is 1.31. The second-order valence-electron chi connectivity index (χ2n) is 12.0. The Morgan fingerprint density at radius 1 is 0.745 bits per heavy atom. The number of rotatable bonds is 15. The normalized spacial score (nSPS) is 33.5. The smallest absolute Gasteiger partial charge is 0.188 e. The van der Waals surface area contributed by atoms with Gasteiger partial charge in [-0.1, -0.05) is 97.1 Å². The van der Waals surface area contributed by atoms with E-state index in [4.69, 9.17) is 42.6 Å². The van der Waals surface area contributed by atoms with Gasteiger partial charge in [0.05, 0.1) is 33.0 Å². The number of fused-ring (bicyclic) bond motifs is 3. The van der Waals surface area contributed by atoms with Crippen LogP contribution < -0.4 is 0 Å². The fourth-order valence-electron chi connectivity index (χ4n) is 6.37. The summed E-state index contributed by atoms with van der Waals surface area (Å²) in [6.07, 6.45) is -5.43. The molecule has 4 aliphatic heterocycles. The van der Waals surface area contributed by atoms with Crippen molar-refractivity contribution >= 4 is 0 Å². The Kier molecular flexibility index (Phi) is 11.5. The summed E-state index contributed by atoms with van der Waals surface area (Å²) in [4.78, 5) is 0. The molecule has 4 fully saturated rings. The van der Waals surface area contributed by atoms with E-state index in [9.17, 15) is 5.11 Å². The molecule has 0 spiro atoms. The van der Waals surface area contributed by atoms with Crippen LogP contribution in [0.5, 0.6) is 0 Å². The summed E-state index contributed by atoms with van der Waals surface area (Å²) in [6.45, 7) is 5.16. The lowest BCUT2D eigenvalue weighted by molar-refractivity contribution is -0.409. The van der Waals surface area contributed by atoms with Crippen molar-refractivity contribution in [2.45, 2.75) is 80.7 Å². The Morgan fingerprint density at radius 2 is 1.32 bits per heavy atom. The van der Waals surface area contributed by atoms with E-state index in [1.807, 2.05) is 91.0 Å². The maximum atomic E-state index is 11.1. The van der Waals surface area contributed by atoms with Crippen LogP contribution in [0.2, 0.25) is 0 Å². The van der Waals surface area contributed by atoms with Crippen LogP contribution in [0.3, 0.4) is 0 Å². The van der Waals surface area contributed by atoms with Crippen LogP contribution in [0.4, 0.5) is 0 Å². The lowest BCUT2D eigenvalue weighted by atomic mass is 9.84. The zero-order valence-electron chi connectivity index (χ0n) is 26.8. The molecule has 4 saturated heterocycles. The first kappa shape index (κ1) is 33.9. The minimum Gasteiger partial charge on any atom is -0.387 e. The van der Waals surface area contributed by atoms with Gasteiger partial charge in [-0.3, -0.25) is 0 Å². The monoisotopic (exact) mass is 648 g/mol. The number of aliphatic hydroxyl groups is 1. The topological polar surface area (TPSA) is 103 Å². The average Bonchev–Trinajstić information content (AvgIpc) is 3.12. The van der Waals surface area contributed by atoms with E-state index < -0.39 is 60.9 Å². The number of ether oxygens (including phenoxy) is 9. The van der Waals surface area contributed by atoms with Crippen molar-refractivity contribution in [3.05, 3.63) is 120 Å². The van der Waals surface area contributed by atoms with Crippen LogP contribution in [0, 0.1) is 0 Å². The third kappa shape index (κ3) is 7.68. The molecule has 1 N–H and O–H groups in total. The van der Waals surface area contributed by atoms with Crippen molar-refractivity contribution in [2.75, 3.05) is 27.4 Å². The maximum absolute atomic E-state index is 11.1. The predicted molar refractivity (Wildman–Crippen MR) is 171 cm³/mol. The van der Waals surface area contributed by atoms with Crippen LogP contribution in [-0.2, 0) is 62.5 Å². The summed E-state index contributed by atoms with van der Waals surface area (Å²) >= 11 is 0. The van der Waals surface area contributed by atoms with Gasteiger partial charge in [0.2, 0.25) is 0 Å². The first-order chi connectivity index (χ1) is 23.0. The molecule has 0 aliphatic carbocycles. The Labute approximate surface area is 276 Å². The van der Waals surface area contributed by atoms with Gasteiger partial charge in [0.15, 0.2) is 12.6 Å². The zero-order valence-corrected chi connectivity index (χ0v) is 26.8. The highest BCUT2D eigenvalue weighted by Crippen LogP contribution is 2.42. The van der Waals surface area contributed by atoms with Crippen LogP contribution >= 0.6 is 0 Å². The molecule has 7 rings (SSSR count). The molecule has 4 heterocycles. The van der Waals surface area contributed by atoms with Crippen molar-refractivity contribution in [2.24, 2.45) is 0 Å². The second kappa shape index (κ2) is 15.9. The molecule has 3 aromatic rings. The Morgan fingerprint density at radius 3 is 1.87 bits per heavy atom. The highest BCUT2D eigenvalue weighted by Gasteiger charge is 2.61. The Bertz CT molecular complexity index is 1380. The fourth-order valence-corrected chi connectivity index (χ4v) is 6.37. The van der Waals surface area contributed by atoms with Gasteiger partial charge in [0, 0.05) is 14.2 Å². The molecule has 47 heavy (non-hydrogen) atoms. The highest BCUT2D eigenvalue weighted by molar-refractivity contribution is 5.16. The largest absolute Gasteiger partial charge is 0.387 e. The fraction of sp³-hybridized carbons (Fsp3) is 0.459.